The van der Waals surface area contributed by atoms with Gasteiger partial charge in [0.25, 0.3) is 0 Å². The van der Waals surface area contributed by atoms with Gasteiger partial charge in [0.1, 0.15) is 5.75 Å². The summed E-state index contributed by atoms with van der Waals surface area (Å²) in [6, 6.07) is 22.5. The maximum atomic E-state index is 5.63. The number of aromatic amines is 2. The predicted octanol–water partition coefficient (Wildman–Crippen LogP) is 6.33. The molecule has 0 unspecified atom stereocenters. The Hall–Kier alpha value is -3.87. The summed E-state index contributed by atoms with van der Waals surface area (Å²) in [5.74, 6) is 0.831. The van der Waals surface area contributed by atoms with Gasteiger partial charge in [-0.3, -0.25) is 0 Å². The standard InChI is InChI=1S/C27H20N4O.Co/c1-32-27-5-3-2-4-24(27)25-15-23-14-21-9-8-19(29-21)12-17-6-7-18(28-17)13-20-10-11-22(30-20)16-26(25)31-23;/h2-16,29,31H,1H3;. The summed E-state index contributed by atoms with van der Waals surface area (Å²) in [6.07, 6.45) is 8.06. The van der Waals surface area contributed by atoms with E-state index in [1.807, 2.05) is 54.6 Å². The number of ether oxygens (including phenoxy) is 1. The third-order valence-corrected chi connectivity index (χ3v) is 5.57. The normalized spacial score (nSPS) is 11.9. The number of hydrogen-bond acceptors (Lipinski definition) is 3. The molecule has 1 aromatic carbocycles. The van der Waals surface area contributed by atoms with Crippen molar-refractivity contribution in [2.24, 2.45) is 0 Å². The molecule has 0 aliphatic carbocycles. The van der Waals surface area contributed by atoms with Crippen LogP contribution in [0.1, 0.15) is 22.8 Å². The molecule has 0 saturated heterocycles. The van der Waals surface area contributed by atoms with Crippen molar-refractivity contribution in [2.45, 2.75) is 0 Å². The van der Waals surface area contributed by atoms with Crippen molar-refractivity contribution in [2.75, 3.05) is 7.11 Å². The summed E-state index contributed by atoms with van der Waals surface area (Å²) < 4.78 is 5.63. The summed E-state index contributed by atoms with van der Waals surface area (Å²) in [5, 5.41) is 0. The molecule has 3 aromatic heterocycles. The Morgan fingerprint density at radius 1 is 0.606 bits per heavy atom. The smallest absolute Gasteiger partial charge is 0.126 e. The molecule has 33 heavy (non-hydrogen) atoms. The van der Waals surface area contributed by atoms with E-state index >= 15 is 0 Å². The van der Waals surface area contributed by atoms with Crippen LogP contribution in [0.15, 0.2) is 66.7 Å². The molecule has 0 fully saturated rings. The minimum Gasteiger partial charge on any atom is -0.496 e. The fourth-order valence-electron chi connectivity index (χ4n) is 4.11. The maximum absolute atomic E-state index is 5.63. The summed E-state index contributed by atoms with van der Waals surface area (Å²) in [4.78, 5) is 16.4. The molecule has 163 valence electrons. The van der Waals surface area contributed by atoms with Crippen LogP contribution in [0.3, 0.4) is 0 Å². The van der Waals surface area contributed by atoms with Crippen LogP contribution in [0.4, 0.5) is 0 Å². The van der Waals surface area contributed by atoms with Crippen molar-refractivity contribution >= 4 is 46.4 Å². The van der Waals surface area contributed by atoms with Crippen LogP contribution in [0.25, 0.3) is 57.5 Å². The van der Waals surface area contributed by atoms with Crippen molar-refractivity contribution in [3.63, 3.8) is 0 Å². The van der Waals surface area contributed by atoms with Crippen molar-refractivity contribution in [1.82, 2.24) is 19.9 Å². The van der Waals surface area contributed by atoms with Gasteiger partial charge in [-0.1, -0.05) is 18.2 Å². The first-order valence-corrected chi connectivity index (χ1v) is 10.5. The number of nitrogens with one attached hydrogen (secondary N) is 2. The average molecular weight is 475 g/mol. The Morgan fingerprint density at radius 2 is 1.24 bits per heavy atom. The second-order valence-corrected chi connectivity index (χ2v) is 7.79. The molecule has 8 bridgehead atoms. The third kappa shape index (κ3) is 4.14. The SMILES string of the molecule is COc1ccccc1-c1cc2cc3ccc(cc4nc(cc5nc(cc1[nH]2)C=C5)C=C4)[nH]3.[Co]. The number of methoxy groups -OCH3 is 1. The number of H-pyrrole nitrogens is 2. The number of aromatic nitrogens is 4. The summed E-state index contributed by atoms with van der Waals surface area (Å²) in [5.41, 5.74) is 9.64. The van der Waals surface area contributed by atoms with Crippen LogP contribution in [0.2, 0.25) is 0 Å². The van der Waals surface area contributed by atoms with Crippen molar-refractivity contribution in [3.8, 4) is 16.9 Å². The van der Waals surface area contributed by atoms with Gasteiger partial charge in [0.15, 0.2) is 0 Å². The monoisotopic (exact) mass is 475 g/mol. The first kappa shape index (κ1) is 21.0. The van der Waals surface area contributed by atoms with Gasteiger partial charge in [0.05, 0.1) is 29.9 Å². The number of fused-ring (bicyclic) bond motifs is 8. The molecular weight excluding hydrogens is 455 g/mol. The van der Waals surface area contributed by atoms with Crippen LogP contribution >= 0.6 is 0 Å². The number of rotatable bonds is 2. The van der Waals surface area contributed by atoms with E-state index in [2.05, 4.69) is 51.4 Å². The molecule has 6 heteroatoms. The van der Waals surface area contributed by atoms with Gasteiger partial charge in [0.2, 0.25) is 0 Å². The van der Waals surface area contributed by atoms with Crippen LogP contribution in [0, 0.1) is 0 Å². The van der Waals surface area contributed by atoms with E-state index in [0.29, 0.717) is 0 Å². The quantitative estimate of drug-likeness (QED) is 0.308. The van der Waals surface area contributed by atoms with E-state index in [0.717, 1.165) is 61.7 Å². The van der Waals surface area contributed by atoms with Gasteiger partial charge in [-0.25, -0.2) is 9.97 Å². The van der Waals surface area contributed by atoms with Crippen LogP contribution in [-0.2, 0) is 16.8 Å². The number of benzene rings is 1. The van der Waals surface area contributed by atoms with Gasteiger partial charge in [-0.15, -0.1) is 0 Å². The second kappa shape index (κ2) is 8.58. The molecule has 2 aliphatic heterocycles. The van der Waals surface area contributed by atoms with E-state index in [4.69, 9.17) is 9.72 Å². The van der Waals surface area contributed by atoms with Crippen molar-refractivity contribution in [3.05, 3.63) is 89.5 Å². The maximum Gasteiger partial charge on any atom is 0.126 e. The van der Waals surface area contributed by atoms with E-state index in [1.165, 1.54) is 0 Å². The predicted molar refractivity (Wildman–Crippen MR) is 131 cm³/mol. The Morgan fingerprint density at radius 3 is 1.97 bits per heavy atom. The molecule has 4 aromatic rings. The summed E-state index contributed by atoms with van der Waals surface area (Å²) in [6.45, 7) is 0. The van der Waals surface area contributed by atoms with E-state index in [9.17, 15) is 0 Å². The zero-order chi connectivity index (χ0) is 21.5. The molecule has 2 aliphatic rings. The molecule has 0 saturated carbocycles. The van der Waals surface area contributed by atoms with Gasteiger partial charge in [0, 0.05) is 50.0 Å². The Balaban J connectivity index is 0.00000228. The van der Waals surface area contributed by atoms with E-state index < -0.39 is 0 Å². The molecule has 6 rings (SSSR count). The number of para-hydroxylation sites is 1. The second-order valence-electron chi connectivity index (χ2n) is 7.79. The first-order chi connectivity index (χ1) is 15.7. The molecule has 0 spiro atoms. The van der Waals surface area contributed by atoms with Gasteiger partial charge in [-0.2, -0.15) is 0 Å². The molecule has 2 N–H and O–H groups in total. The summed E-state index contributed by atoms with van der Waals surface area (Å²) in [7, 11) is 1.70. The molecule has 0 amide bonds. The molecule has 0 atom stereocenters. The van der Waals surface area contributed by atoms with Gasteiger partial charge >= 0.3 is 0 Å². The van der Waals surface area contributed by atoms with E-state index in [1.54, 1.807) is 7.11 Å². The number of hydrogen-bond donors (Lipinski definition) is 2. The van der Waals surface area contributed by atoms with Gasteiger partial charge < -0.3 is 14.7 Å². The Kier molecular flexibility index (Phi) is 5.46. The molecular formula is C27H20CoN4O. The topological polar surface area (TPSA) is 66.6 Å². The minimum atomic E-state index is 0. The van der Waals surface area contributed by atoms with Gasteiger partial charge in [-0.05, 0) is 72.8 Å². The summed E-state index contributed by atoms with van der Waals surface area (Å²) >= 11 is 0. The van der Waals surface area contributed by atoms with Crippen LogP contribution in [0.5, 0.6) is 5.75 Å². The Labute approximate surface area is 201 Å². The van der Waals surface area contributed by atoms with Crippen molar-refractivity contribution < 1.29 is 21.5 Å². The third-order valence-electron chi connectivity index (χ3n) is 5.57. The fourth-order valence-corrected chi connectivity index (χ4v) is 4.11. The molecule has 5 heterocycles. The number of nitrogens with zero attached hydrogens (tertiary/aromatic N) is 2. The zero-order valence-corrected chi connectivity index (χ0v) is 18.8. The van der Waals surface area contributed by atoms with E-state index in [-0.39, 0.29) is 16.8 Å². The molecule has 5 nitrogen and oxygen atoms in total. The van der Waals surface area contributed by atoms with Crippen LogP contribution < -0.4 is 4.74 Å². The zero-order valence-electron chi connectivity index (χ0n) is 17.8. The molecule has 1 radical (unpaired) electrons. The largest absolute Gasteiger partial charge is 0.496 e. The minimum absolute atomic E-state index is 0. The fraction of sp³-hybridized carbons (Fsp3) is 0.0370. The Bertz CT molecular complexity index is 1580. The first-order valence-electron chi connectivity index (χ1n) is 10.5. The van der Waals surface area contributed by atoms with Crippen molar-refractivity contribution in [1.29, 1.82) is 0 Å². The average Bonchev–Trinajstić information content (AvgIpc) is 3.59. The van der Waals surface area contributed by atoms with Crippen LogP contribution in [-0.4, -0.2) is 27.0 Å².